The minimum absolute atomic E-state index is 0.0207. The van der Waals surface area contributed by atoms with E-state index < -0.39 is 20.0 Å². The Labute approximate surface area is 213 Å². The highest BCUT2D eigenvalue weighted by Gasteiger charge is 2.29. The highest BCUT2D eigenvalue weighted by molar-refractivity contribution is 7.89. The summed E-state index contributed by atoms with van der Waals surface area (Å²) in [7, 11) is -6.05. The van der Waals surface area contributed by atoms with Gasteiger partial charge in [0.25, 0.3) is 0 Å². The van der Waals surface area contributed by atoms with E-state index in [1.165, 1.54) is 28.6 Å². The topological polar surface area (TPSA) is 102 Å². The van der Waals surface area contributed by atoms with Crippen LogP contribution in [-0.4, -0.2) is 40.9 Å². The molecule has 1 N–H and O–H groups in total. The van der Waals surface area contributed by atoms with Crippen molar-refractivity contribution in [2.45, 2.75) is 48.7 Å². The molecular weight excluding hydrogens is 500 g/mol. The molecule has 0 radical (unpaired) electrons. The molecule has 0 amide bonds. The fourth-order valence-corrected chi connectivity index (χ4v) is 6.37. The zero-order valence-electron chi connectivity index (χ0n) is 20.3. The Kier molecular flexibility index (Phi) is 7.99. The van der Waals surface area contributed by atoms with Gasteiger partial charge in [-0.05, 0) is 79.4 Å². The lowest BCUT2D eigenvalue weighted by Gasteiger charge is -2.23. The van der Waals surface area contributed by atoms with E-state index in [0.717, 1.165) is 24.0 Å². The zero-order valence-corrected chi connectivity index (χ0v) is 21.9. The summed E-state index contributed by atoms with van der Waals surface area (Å²) in [4.78, 5) is 0.0638. The van der Waals surface area contributed by atoms with E-state index in [4.69, 9.17) is 9.47 Å². The third kappa shape index (κ3) is 6.44. The summed E-state index contributed by atoms with van der Waals surface area (Å²) in [5.74, 6) is 1.39. The summed E-state index contributed by atoms with van der Waals surface area (Å²) >= 11 is 0. The molecule has 0 spiro atoms. The van der Waals surface area contributed by atoms with Crippen LogP contribution in [0.5, 0.6) is 11.5 Å². The lowest BCUT2D eigenvalue weighted by Crippen LogP contribution is -2.30. The SMILES string of the molecule is CCOc1ccc(CN(Cc2ccc(OC)cc2)S(=O)(=O)c2ccc(S(=O)(=O)NC3CC3)cc2)cc1. The van der Waals surface area contributed by atoms with Gasteiger partial charge in [0.05, 0.1) is 23.5 Å². The van der Waals surface area contributed by atoms with E-state index in [9.17, 15) is 16.8 Å². The molecule has 36 heavy (non-hydrogen) atoms. The summed E-state index contributed by atoms with van der Waals surface area (Å²) in [6, 6.07) is 19.8. The van der Waals surface area contributed by atoms with Crippen LogP contribution in [0, 0.1) is 0 Å². The predicted molar refractivity (Wildman–Crippen MR) is 137 cm³/mol. The fraction of sp³-hybridized carbons (Fsp3) is 0.308. The quantitative estimate of drug-likeness (QED) is 0.381. The Morgan fingerprint density at radius 1 is 0.778 bits per heavy atom. The van der Waals surface area contributed by atoms with Crippen LogP contribution in [0.25, 0.3) is 0 Å². The third-order valence-corrected chi connectivity index (χ3v) is 9.12. The van der Waals surface area contributed by atoms with Crippen molar-refractivity contribution >= 4 is 20.0 Å². The smallest absolute Gasteiger partial charge is 0.243 e. The highest BCUT2D eigenvalue weighted by atomic mass is 32.2. The second kappa shape index (κ2) is 11.0. The van der Waals surface area contributed by atoms with Gasteiger partial charge in [0.15, 0.2) is 0 Å². The van der Waals surface area contributed by atoms with Gasteiger partial charge in [0.1, 0.15) is 11.5 Å². The van der Waals surface area contributed by atoms with Crippen LogP contribution in [0.3, 0.4) is 0 Å². The number of methoxy groups -OCH3 is 1. The summed E-state index contributed by atoms with van der Waals surface area (Å²) < 4.78 is 67.1. The van der Waals surface area contributed by atoms with Gasteiger partial charge in [-0.1, -0.05) is 24.3 Å². The number of nitrogens with zero attached hydrogens (tertiary/aromatic N) is 1. The molecule has 0 heterocycles. The van der Waals surface area contributed by atoms with Gasteiger partial charge >= 0.3 is 0 Å². The van der Waals surface area contributed by atoms with Crippen molar-refractivity contribution in [1.82, 2.24) is 9.03 Å². The lowest BCUT2D eigenvalue weighted by molar-refractivity contribution is 0.340. The van der Waals surface area contributed by atoms with Crippen molar-refractivity contribution < 1.29 is 26.3 Å². The minimum atomic E-state index is -3.95. The summed E-state index contributed by atoms with van der Waals surface area (Å²) in [5, 5.41) is 0. The Hall–Kier alpha value is -2.92. The Bertz CT molecular complexity index is 1370. The first-order chi connectivity index (χ1) is 17.2. The fourth-order valence-electron chi connectivity index (χ4n) is 3.65. The number of nitrogens with one attached hydrogen (secondary N) is 1. The molecule has 0 aliphatic heterocycles. The molecule has 1 fully saturated rings. The van der Waals surface area contributed by atoms with Crippen molar-refractivity contribution in [2.24, 2.45) is 0 Å². The molecule has 192 valence electrons. The van der Waals surface area contributed by atoms with E-state index >= 15 is 0 Å². The molecule has 0 bridgehead atoms. The molecule has 1 aliphatic rings. The maximum Gasteiger partial charge on any atom is 0.243 e. The predicted octanol–water partition coefficient (Wildman–Crippen LogP) is 3.93. The Balaban J connectivity index is 1.61. The molecule has 0 saturated heterocycles. The maximum atomic E-state index is 13.7. The summed E-state index contributed by atoms with van der Waals surface area (Å²) in [6.07, 6.45) is 1.63. The number of benzene rings is 3. The van der Waals surface area contributed by atoms with Crippen molar-refractivity contribution in [1.29, 1.82) is 0 Å². The van der Waals surface area contributed by atoms with Crippen molar-refractivity contribution in [3.05, 3.63) is 83.9 Å². The maximum absolute atomic E-state index is 13.7. The van der Waals surface area contributed by atoms with Crippen LogP contribution < -0.4 is 14.2 Å². The molecule has 3 aromatic carbocycles. The monoisotopic (exact) mass is 530 g/mol. The first-order valence-corrected chi connectivity index (χ1v) is 14.6. The first-order valence-electron chi connectivity index (χ1n) is 11.7. The largest absolute Gasteiger partial charge is 0.497 e. The van der Waals surface area contributed by atoms with Gasteiger partial charge in [-0.15, -0.1) is 0 Å². The van der Waals surface area contributed by atoms with Gasteiger partial charge in [-0.25, -0.2) is 21.6 Å². The van der Waals surface area contributed by atoms with Crippen LogP contribution in [0.4, 0.5) is 0 Å². The Morgan fingerprint density at radius 2 is 1.28 bits per heavy atom. The van der Waals surface area contributed by atoms with Gasteiger partial charge in [-0.3, -0.25) is 0 Å². The molecule has 0 unspecified atom stereocenters. The van der Waals surface area contributed by atoms with Crippen molar-refractivity contribution in [3.63, 3.8) is 0 Å². The number of ether oxygens (including phenoxy) is 2. The molecule has 3 aromatic rings. The molecule has 8 nitrogen and oxygen atoms in total. The molecular formula is C26H30N2O6S2. The van der Waals surface area contributed by atoms with Crippen molar-refractivity contribution in [2.75, 3.05) is 13.7 Å². The van der Waals surface area contributed by atoms with Crippen LogP contribution >= 0.6 is 0 Å². The standard InChI is InChI=1S/C26H30N2O6S2/c1-3-34-24-12-6-21(7-13-24)19-28(18-20-4-10-23(33-2)11-5-20)36(31,32)26-16-14-25(15-17-26)35(29,30)27-22-8-9-22/h4-7,10-17,22,27H,3,8-9,18-19H2,1-2H3. The number of hydrogen-bond acceptors (Lipinski definition) is 6. The van der Waals surface area contributed by atoms with Crippen LogP contribution in [-0.2, 0) is 33.1 Å². The number of hydrogen-bond donors (Lipinski definition) is 1. The normalized spacial score (nSPS) is 14.1. The van der Waals surface area contributed by atoms with Crippen LogP contribution in [0.2, 0.25) is 0 Å². The zero-order chi connectivity index (χ0) is 25.8. The minimum Gasteiger partial charge on any atom is -0.497 e. The van der Waals surface area contributed by atoms with Crippen LogP contribution in [0.1, 0.15) is 30.9 Å². The van der Waals surface area contributed by atoms with Gasteiger partial charge in [0.2, 0.25) is 20.0 Å². The average molecular weight is 531 g/mol. The van der Waals surface area contributed by atoms with Crippen LogP contribution in [0.15, 0.2) is 82.6 Å². The first kappa shape index (κ1) is 26.2. The molecule has 0 aromatic heterocycles. The Morgan fingerprint density at radius 3 is 1.75 bits per heavy atom. The molecule has 1 saturated carbocycles. The number of rotatable bonds is 12. The van der Waals surface area contributed by atoms with Gasteiger partial charge < -0.3 is 9.47 Å². The van der Waals surface area contributed by atoms with E-state index in [-0.39, 0.29) is 28.9 Å². The second-order valence-electron chi connectivity index (χ2n) is 8.57. The van der Waals surface area contributed by atoms with E-state index in [2.05, 4.69) is 4.72 Å². The summed E-state index contributed by atoms with van der Waals surface area (Å²) in [5.41, 5.74) is 1.58. The van der Waals surface area contributed by atoms with E-state index in [1.807, 2.05) is 43.3 Å². The lowest BCUT2D eigenvalue weighted by atomic mass is 10.2. The molecule has 0 atom stereocenters. The summed E-state index contributed by atoms with van der Waals surface area (Å²) in [6.45, 7) is 2.70. The van der Waals surface area contributed by atoms with Gasteiger partial charge in [0, 0.05) is 19.1 Å². The number of sulfonamides is 2. The molecule has 10 heteroatoms. The molecule has 4 rings (SSSR count). The van der Waals surface area contributed by atoms with Crippen molar-refractivity contribution in [3.8, 4) is 11.5 Å². The third-order valence-electron chi connectivity index (χ3n) is 5.78. The second-order valence-corrected chi connectivity index (χ2v) is 12.2. The van der Waals surface area contributed by atoms with Gasteiger partial charge in [-0.2, -0.15) is 4.31 Å². The highest BCUT2D eigenvalue weighted by Crippen LogP contribution is 2.26. The molecule has 1 aliphatic carbocycles. The van der Waals surface area contributed by atoms with E-state index in [0.29, 0.717) is 18.1 Å². The van der Waals surface area contributed by atoms with E-state index in [1.54, 1.807) is 19.2 Å². The average Bonchev–Trinajstić information content (AvgIpc) is 3.69.